The molecule has 3 nitrogen and oxygen atoms in total. The van der Waals surface area contributed by atoms with Crippen LogP contribution >= 0.6 is 11.8 Å². The van der Waals surface area contributed by atoms with Gasteiger partial charge in [0.15, 0.2) is 0 Å². The van der Waals surface area contributed by atoms with Crippen molar-refractivity contribution >= 4 is 23.4 Å². The lowest BCUT2D eigenvalue weighted by Crippen LogP contribution is -2.36. The van der Waals surface area contributed by atoms with Crippen LogP contribution in [0.15, 0.2) is 29.2 Å². The number of nitrogens with one attached hydrogen (secondary N) is 1. The van der Waals surface area contributed by atoms with Crippen LogP contribution in [0.5, 0.6) is 0 Å². The summed E-state index contributed by atoms with van der Waals surface area (Å²) in [7, 11) is 0. The minimum atomic E-state index is -0.436. The highest BCUT2D eigenvalue weighted by molar-refractivity contribution is 8.00. The van der Waals surface area contributed by atoms with Gasteiger partial charge in [-0.05, 0) is 37.3 Å². The molecule has 1 fully saturated rings. The summed E-state index contributed by atoms with van der Waals surface area (Å²) in [6.07, 6.45) is 5.92. The molecular formula is C17H26N2OS. The van der Waals surface area contributed by atoms with Crippen molar-refractivity contribution in [2.75, 3.05) is 5.32 Å². The molecule has 116 valence electrons. The number of carbonyl (C=O) groups is 1. The van der Waals surface area contributed by atoms with Crippen LogP contribution in [0.3, 0.4) is 0 Å². The van der Waals surface area contributed by atoms with Crippen molar-refractivity contribution in [3.8, 4) is 0 Å². The van der Waals surface area contributed by atoms with E-state index in [2.05, 4.69) is 25.2 Å². The Hall–Kier alpha value is -1.00. The first-order valence-corrected chi connectivity index (χ1v) is 8.76. The third-order valence-electron chi connectivity index (χ3n) is 3.80. The van der Waals surface area contributed by atoms with Crippen molar-refractivity contribution in [1.29, 1.82) is 0 Å². The molecule has 1 aliphatic rings. The van der Waals surface area contributed by atoms with E-state index >= 15 is 0 Å². The Morgan fingerprint density at radius 1 is 1.33 bits per heavy atom. The van der Waals surface area contributed by atoms with Gasteiger partial charge in [0, 0.05) is 10.1 Å². The zero-order chi connectivity index (χ0) is 15.2. The lowest BCUT2D eigenvalue weighted by Gasteiger charge is -2.17. The van der Waals surface area contributed by atoms with Gasteiger partial charge in [0.1, 0.15) is 0 Å². The minimum absolute atomic E-state index is 0.0804. The highest BCUT2D eigenvalue weighted by Gasteiger charge is 2.20. The first-order chi connectivity index (χ1) is 10.1. The second kappa shape index (κ2) is 7.85. The molecule has 1 saturated carbocycles. The van der Waals surface area contributed by atoms with E-state index in [0.29, 0.717) is 17.6 Å². The van der Waals surface area contributed by atoms with Crippen LogP contribution in [0.1, 0.15) is 46.0 Å². The number of hydrogen-bond donors (Lipinski definition) is 2. The maximum absolute atomic E-state index is 12.2. The van der Waals surface area contributed by atoms with Gasteiger partial charge in [0.25, 0.3) is 0 Å². The molecule has 1 atom stereocenters. The van der Waals surface area contributed by atoms with E-state index in [1.54, 1.807) is 0 Å². The Bertz CT molecular complexity index is 470. The average molecular weight is 306 g/mol. The zero-order valence-electron chi connectivity index (χ0n) is 13.0. The summed E-state index contributed by atoms with van der Waals surface area (Å²) in [6.45, 7) is 4.16. The predicted molar refractivity (Wildman–Crippen MR) is 90.6 cm³/mol. The molecule has 21 heavy (non-hydrogen) atoms. The Labute approximate surface area is 132 Å². The first-order valence-electron chi connectivity index (χ1n) is 7.88. The number of nitrogens with two attached hydrogens (primary N) is 1. The molecule has 0 bridgehead atoms. The molecule has 0 heterocycles. The lowest BCUT2D eigenvalue weighted by atomic mass is 10.0. The summed E-state index contributed by atoms with van der Waals surface area (Å²) in [5.41, 5.74) is 6.86. The van der Waals surface area contributed by atoms with Crippen molar-refractivity contribution in [3.63, 3.8) is 0 Å². The molecule has 0 radical (unpaired) electrons. The summed E-state index contributed by atoms with van der Waals surface area (Å²) in [4.78, 5) is 13.4. The molecule has 1 aromatic carbocycles. The molecule has 1 unspecified atom stereocenters. The fourth-order valence-corrected chi connectivity index (χ4v) is 4.03. The largest absolute Gasteiger partial charge is 0.324 e. The van der Waals surface area contributed by atoms with Crippen molar-refractivity contribution in [2.45, 2.75) is 62.1 Å². The first kappa shape index (κ1) is 16.4. The van der Waals surface area contributed by atoms with Gasteiger partial charge in [0.2, 0.25) is 5.91 Å². The Kier molecular flexibility index (Phi) is 6.12. The SMILES string of the molecule is CC(C)CC(N)C(=O)Nc1ccccc1SC1CCCC1. The topological polar surface area (TPSA) is 55.1 Å². The number of carbonyl (C=O) groups excluding carboxylic acids is 1. The summed E-state index contributed by atoms with van der Waals surface area (Å²) in [6, 6.07) is 7.61. The molecule has 0 saturated heterocycles. The Morgan fingerprint density at radius 3 is 2.67 bits per heavy atom. The molecule has 3 N–H and O–H groups in total. The fourth-order valence-electron chi connectivity index (χ4n) is 2.70. The minimum Gasteiger partial charge on any atom is -0.324 e. The third kappa shape index (κ3) is 5.04. The standard InChI is InChI=1S/C17H26N2OS/c1-12(2)11-14(18)17(20)19-15-9-5-6-10-16(15)21-13-7-3-4-8-13/h5-6,9-10,12-14H,3-4,7-8,11,18H2,1-2H3,(H,19,20). The highest BCUT2D eigenvalue weighted by Crippen LogP contribution is 2.38. The van der Waals surface area contributed by atoms with Gasteiger partial charge >= 0.3 is 0 Å². The summed E-state index contributed by atoms with van der Waals surface area (Å²) in [5.74, 6) is 0.344. The quantitative estimate of drug-likeness (QED) is 0.834. The molecule has 1 aromatic rings. The number of rotatable bonds is 6. The van der Waals surface area contributed by atoms with Gasteiger partial charge in [-0.1, -0.05) is 38.8 Å². The monoisotopic (exact) mass is 306 g/mol. The highest BCUT2D eigenvalue weighted by atomic mass is 32.2. The van der Waals surface area contributed by atoms with Crippen LogP contribution in [0.25, 0.3) is 0 Å². The molecule has 0 spiro atoms. The van der Waals surface area contributed by atoms with Gasteiger partial charge in [-0.15, -0.1) is 11.8 Å². The normalized spacial score (nSPS) is 17.1. The van der Waals surface area contributed by atoms with Crippen LogP contribution in [0, 0.1) is 5.92 Å². The van der Waals surface area contributed by atoms with E-state index in [4.69, 9.17) is 5.73 Å². The number of benzene rings is 1. The van der Waals surface area contributed by atoms with Crippen molar-refractivity contribution in [1.82, 2.24) is 0 Å². The van der Waals surface area contributed by atoms with Crippen molar-refractivity contribution < 1.29 is 4.79 Å². The van der Waals surface area contributed by atoms with Crippen LogP contribution in [-0.4, -0.2) is 17.2 Å². The second-order valence-electron chi connectivity index (χ2n) is 6.25. The molecule has 1 amide bonds. The molecule has 2 rings (SSSR count). The number of hydrogen-bond acceptors (Lipinski definition) is 3. The van der Waals surface area contributed by atoms with Gasteiger partial charge in [0.05, 0.1) is 11.7 Å². The van der Waals surface area contributed by atoms with Gasteiger partial charge in [-0.2, -0.15) is 0 Å². The van der Waals surface area contributed by atoms with E-state index in [-0.39, 0.29) is 5.91 Å². The Morgan fingerprint density at radius 2 is 2.00 bits per heavy atom. The van der Waals surface area contributed by atoms with Crippen molar-refractivity contribution in [3.05, 3.63) is 24.3 Å². The molecule has 0 aliphatic heterocycles. The third-order valence-corrected chi connectivity index (χ3v) is 5.22. The van der Waals surface area contributed by atoms with Crippen LogP contribution in [-0.2, 0) is 4.79 Å². The van der Waals surface area contributed by atoms with E-state index < -0.39 is 6.04 Å². The van der Waals surface area contributed by atoms with Crippen molar-refractivity contribution in [2.24, 2.45) is 11.7 Å². The number of thioether (sulfide) groups is 1. The van der Waals surface area contributed by atoms with E-state index in [0.717, 1.165) is 10.6 Å². The number of anilines is 1. The summed E-state index contributed by atoms with van der Waals surface area (Å²) >= 11 is 1.89. The van der Waals surface area contributed by atoms with E-state index in [1.165, 1.54) is 25.7 Å². The molecule has 1 aliphatic carbocycles. The van der Waals surface area contributed by atoms with Gasteiger partial charge < -0.3 is 11.1 Å². The summed E-state index contributed by atoms with van der Waals surface area (Å²) in [5, 5.41) is 3.69. The Balaban J connectivity index is 2.00. The number of amides is 1. The van der Waals surface area contributed by atoms with Gasteiger partial charge in [-0.25, -0.2) is 0 Å². The second-order valence-corrected chi connectivity index (χ2v) is 7.59. The smallest absolute Gasteiger partial charge is 0.241 e. The zero-order valence-corrected chi connectivity index (χ0v) is 13.8. The maximum atomic E-state index is 12.2. The molecule has 0 aromatic heterocycles. The lowest BCUT2D eigenvalue weighted by molar-refractivity contribution is -0.117. The van der Waals surface area contributed by atoms with Crippen LogP contribution in [0.4, 0.5) is 5.69 Å². The van der Waals surface area contributed by atoms with E-state index in [9.17, 15) is 4.79 Å². The predicted octanol–water partition coefficient (Wildman–Crippen LogP) is 4.03. The van der Waals surface area contributed by atoms with Crippen LogP contribution < -0.4 is 11.1 Å². The maximum Gasteiger partial charge on any atom is 0.241 e. The summed E-state index contributed by atoms with van der Waals surface area (Å²) < 4.78 is 0. The fraction of sp³-hybridized carbons (Fsp3) is 0.588. The molecular weight excluding hydrogens is 280 g/mol. The van der Waals surface area contributed by atoms with E-state index in [1.807, 2.05) is 30.0 Å². The average Bonchev–Trinajstić information content (AvgIpc) is 2.93. The number of para-hydroxylation sites is 1. The van der Waals surface area contributed by atoms with Gasteiger partial charge in [-0.3, -0.25) is 4.79 Å². The van der Waals surface area contributed by atoms with Crippen LogP contribution in [0.2, 0.25) is 0 Å². The molecule has 4 heteroatoms.